The molecule has 0 aliphatic carbocycles. The Hall–Kier alpha value is -1.60. The lowest BCUT2D eigenvalue weighted by Gasteiger charge is -2.23. The molecule has 0 spiro atoms. The molecule has 1 aromatic carbocycles. The van der Waals surface area contributed by atoms with E-state index in [1.54, 1.807) is 32.0 Å². The summed E-state index contributed by atoms with van der Waals surface area (Å²) >= 11 is 0. The van der Waals surface area contributed by atoms with Gasteiger partial charge in [0.05, 0.1) is 17.5 Å². The number of sulfonamides is 1. The summed E-state index contributed by atoms with van der Waals surface area (Å²) in [5.41, 5.74) is 6.72. The number of anilines is 2. The number of carbonyl (C=O) groups is 1. The van der Waals surface area contributed by atoms with E-state index in [0.717, 1.165) is 18.2 Å². The van der Waals surface area contributed by atoms with Crippen molar-refractivity contribution in [2.24, 2.45) is 5.73 Å². The number of aryl methyl sites for hydroxylation is 1. The molecule has 0 aliphatic rings. The maximum absolute atomic E-state index is 12.1. The Morgan fingerprint density at radius 2 is 2.00 bits per heavy atom. The molecule has 0 saturated heterocycles. The van der Waals surface area contributed by atoms with Crippen molar-refractivity contribution in [3.8, 4) is 0 Å². The fourth-order valence-corrected chi connectivity index (χ4v) is 2.54. The maximum Gasteiger partial charge on any atom is 0.244 e. The second-order valence-corrected chi connectivity index (χ2v) is 7.27. The third-order valence-corrected chi connectivity index (χ3v) is 3.67. The summed E-state index contributed by atoms with van der Waals surface area (Å²) in [7, 11) is -3.37. The normalized spacial score (nSPS) is 14.3. The highest BCUT2D eigenvalue weighted by Crippen LogP contribution is 2.22. The average molecular weight is 313 g/mol. The first-order valence-corrected chi connectivity index (χ1v) is 8.63. The van der Waals surface area contributed by atoms with E-state index in [2.05, 4.69) is 10.0 Å². The summed E-state index contributed by atoms with van der Waals surface area (Å²) in [6.45, 7) is 5.41. The minimum absolute atomic E-state index is 0.293. The van der Waals surface area contributed by atoms with E-state index in [1.165, 1.54) is 0 Å². The van der Waals surface area contributed by atoms with E-state index in [9.17, 15) is 13.2 Å². The largest absolute Gasteiger partial charge is 0.324 e. The minimum atomic E-state index is -3.37. The van der Waals surface area contributed by atoms with Gasteiger partial charge >= 0.3 is 0 Å². The standard InChI is InChI=1S/C14H23N3O3S/c1-5-8-14(3,15)13(18)16-11-7-6-10(2)12(9-11)17-21(4,19)20/h6-7,9,17H,5,8,15H2,1-4H3,(H,16,18). The van der Waals surface area contributed by atoms with Crippen LogP contribution in [0.15, 0.2) is 18.2 Å². The average Bonchev–Trinajstić information content (AvgIpc) is 2.31. The van der Waals surface area contributed by atoms with Crippen LogP contribution in [0.25, 0.3) is 0 Å². The monoisotopic (exact) mass is 313 g/mol. The minimum Gasteiger partial charge on any atom is -0.324 e. The van der Waals surface area contributed by atoms with Crippen LogP contribution < -0.4 is 15.8 Å². The number of carbonyl (C=O) groups excluding carboxylic acids is 1. The molecule has 21 heavy (non-hydrogen) atoms. The molecule has 1 unspecified atom stereocenters. The Kier molecular flexibility index (Phi) is 5.36. The fraction of sp³-hybridized carbons (Fsp3) is 0.500. The highest BCUT2D eigenvalue weighted by molar-refractivity contribution is 7.92. The van der Waals surface area contributed by atoms with Gasteiger partial charge in [0.15, 0.2) is 0 Å². The van der Waals surface area contributed by atoms with Crippen molar-refractivity contribution >= 4 is 27.3 Å². The van der Waals surface area contributed by atoms with Crippen LogP contribution in [0.4, 0.5) is 11.4 Å². The number of nitrogens with two attached hydrogens (primary N) is 1. The summed E-state index contributed by atoms with van der Waals surface area (Å²) < 4.78 is 25.0. The van der Waals surface area contributed by atoms with E-state index < -0.39 is 15.6 Å². The van der Waals surface area contributed by atoms with Gasteiger partial charge < -0.3 is 11.1 Å². The molecule has 0 saturated carbocycles. The van der Waals surface area contributed by atoms with E-state index >= 15 is 0 Å². The van der Waals surface area contributed by atoms with Gasteiger partial charge in [0.2, 0.25) is 15.9 Å². The second kappa shape index (κ2) is 6.44. The van der Waals surface area contributed by atoms with Crippen LogP contribution in [-0.4, -0.2) is 26.1 Å². The van der Waals surface area contributed by atoms with Crippen molar-refractivity contribution in [3.05, 3.63) is 23.8 Å². The van der Waals surface area contributed by atoms with Crippen LogP contribution in [0.2, 0.25) is 0 Å². The number of hydrogen-bond donors (Lipinski definition) is 3. The molecule has 1 amide bonds. The molecule has 7 heteroatoms. The Morgan fingerprint density at radius 3 is 2.52 bits per heavy atom. The predicted molar refractivity (Wildman–Crippen MR) is 85.8 cm³/mol. The van der Waals surface area contributed by atoms with Crippen LogP contribution >= 0.6 is 0 Å². The smallest absolute Gasteiger partial charge is 0.244 e. The van der Waals surface area contributed by atoms with Gasteiger partial charge in [0, 0.05) is 5.69 Å². The summed E-state index contributed by atoms with van der Waals surface area (Å²) in [6, 6.07) is 5.02. The molecule has 0 heterocycles. The number of nitrogens with one attached hydrogen (secondary N) is 2. The van der Waals surface area contributed by atoms with Gasteiger partial charge in [-0.3, -0.25) is 9.52 Å². The molecular weight excluding hydrogens is 290 g/mol. The lowest BCUT2D eigenvalue weighted by Crippen LogP contribution is -2.48. The zero-order valence-electron chi connectivity index (χ0n) is 12.9. The zero-order chi connectivity index (χ0) is 16.3. The second-order valence-electron chi connectivity index (χ2n) is 5.53. The molecule has 4 N–H and O–H groups in total. The number of amides is 1. The predicted octanol–water partition coefficient (Wildman–Crippen LogP) is 1.82. The van der Waals surface area contributed by atoms with Crippen molar-refractivity contribution in [2.45, 2.75) is 39.2 Å². The first kappa shape index (κ1) is 17.5. The van der Waals surface area contributed by atoms with E-state index in [-0.39, 0.29) is 5.91 Å². The summed E-state index contributed by atoms with van der Waals surface area (Å²) in [4.78, 5) is 12.1. The lowest BCUT2D eigenvalue weighted by molar-refractivity contribution is -0.120. The molecule has 1 atom stereocenters. The SMILES string of the molecule is CCCC(C)(N)C(=O)Nc1ccc(C)c(NS(C)(=O)=O)c1. The van der Waals surface area contributed by atoms with Gasteiger partial charge in [-0.2, -0.15) is 0 Å². The van der Waals surface area contributed by atoms with Gasteiger partial charge in [0.25, 0.3) is 0 Å². The fourth-order valence-electron chi connectivity index (χ4n) is 1.92. The van der Waals surface area contributed by atoms with E-state index in [1.807, 2.05) is 6.92 Å². The molecular formula is C14H23N3O3S. The number of rotatable bonds is 6. The lowest BCUT2D eigenvalue weighted by atomic mass is 9.96. The topological polar surface area (TPSA) is 101 Å². The van der Waals surface area contributed by atoms with E-state index in [4.69, 9.17) is 5.73 Å². The molecule has 6 nitrogen and oxygen atoms in total. The van der Waals surface area contributed by atoms with Gasteiger partial charge in [0.1, 0.15) is 0 Å². The molecule has 1 rings (SSSR count). The summed E-state index contributed by atoms with van der Waals surface area (Å²) in [5.74, 6) is -0.293. The zero-order valence-corrected chi connectivity index (χ0v) is 13.7. The molecule has 118 valence electrons. The van der Waals surface area contributed by atoms with Crippen molar-refractivity contribution in [3.63, 3.8) is 0 Å². The summed E-state index contributed by atoms with van der Waals surface area (Å²) in [6.07, 6.45) is 2.45. The molecule has 0 radical (unpaired) electrons. The third-order valence-electron chi connectivity index (χ3n) is 3.08. The number of hydrogen-bond acceptors (Lipinski definition) is 4. The number of benzene rings is 1. The first-order valence-electron chi connectivity index (χ1n) is 6.74. The van der Waals surface area contributed by atoms with Crippen LogP contribution in [0.1, 0.15) is 32.3 Å². The Labute approximate surface area is 126 Å². The Morgan fingerprint density at radius 1 is 1.38 bits per heavy atom. The molecule has 0 fully saturated rings. The van der Waals surface area contributed by atoms with Gasteiger partial charge in [-0.25, -0.2) is 8.42 Å². The molecule has 1 aromatic rings. The molecule has 0 aromatic heterocycles. The van der Waals surface area contributed by atoms with Crippen molar-refractivity contribution in [1.29, 1.82) is 0 Å². The molecule has 0 aliphatic heterocycles. The first-order chi connectivity index (χ1) is 9.55. The summed E-state index contributed by atoms with van der Waals surface area (Å²) in [5, 5.41) is 2.72. The van der Waals surface area contributed by atoms with Crippen molar-refractivity contribution in [1.82, 2.24) is 0 Å². The van der Waals surface area contributed by atoms with Crippen molar-refractivity contribution in [2.75, 3.05) is 16.3 Å². The van der Waals surface area contributed by atoms with Crippen molar-refractivity contribution < 1.29 is 13.2 Å². The van der Waals surface area contributed by atoms with Crippen LogP contribution in [-0.2, 0) is 14.8 Å². The third kappa shape index (κ3) is 5.35. The highest BCUT2D eigenvalue weighted by atomic mass is 32.2. The Balaban J connectivity index is 2.95. The Bertz CT molecular complexity index is 624. The van der Waals surface area contributed by atoms with Crippen LogP contribution in [0.5, 0.6) is 0 Å². The van der Waals surface area contributed by atoms with E-state index in [0.29, 0.717) is 17.8 Å². The van der Waals surface area contributed by atoms with Crippen LogP contribution in [0.3, 0.4) is 0 Å². The maximum atomic E-state index is 12.1. The van der Waals surface area contributed by atoms with Gasteiger partial charge in [-0.1, -0.05) is 19.4 Å². The quantitative estimate of drug-likeness (QED) is 0.745. The molecule has 0 bridgehead atoms. The highest BCUT2D eigenvalue weighted by Gasteiger charge is 2.27. The van der Waals surface area contributed by atoms with Crippen LogP contribution in [0, 0.1) is 6.92 Å². The van der Waals surface area contributed by atoms with Gasteiger partial charge in [-0.05, 0) is 38.0 Å². The van der Waals surface area contributed by atoms with Gasteiger partial charge in [-0.15, -0.1) is 0 Å².